The van der Waals surface area contributed by atoms with Crippen molar-refractivity contribution in [1.29, 1.82) is 0 Å². The van der Waals surface area contributed by atoms with Crippen LogP contribution in [0.5, 0.6) is 5.75 Å². The Bertz CT molecular complexity index is 1070. The molecule has 2 heterocycles. The summed E-state index contributed by atoms with van der Waals surface area (Å²) in [5.41, 5.74) is 1.17. The van der Waals surface area contributed by atoms with Crippen LogP contribution in [0.3, 0.4) is 0 Å². The molecule has 4 rings (SSSR count). The van der Waals surface area contributed by atoms with Gasteiger partial charge in [0.15, 0.2) is 6.61 Å². The number of likely N-dealkylation sites (tertiary alicyclic amines) is 1. The summed E-state index contributed by atoms with van der Waals surface area (Å²) in [5.74, 6) is 1.04. The van der Waals surface area contributed by atoms with E-state index in [1.54, 1.807) is 29.2 Å². The zero-order valence-electron chi connectivity index (χ0n) is 18.1. The van der Waals surface area contributed by atoms with Crippen LogP contribution in [0.25, 0.3) is 11.4 Å². The van der Waals surface area contributed by atoms with Gasteiger partial charge in [-0.05, 0) is 43.5 Å². The largest absolute Gasteiger partial charge is 0.484 e. The number of nitrogens with zero attached hydrogens (tertiary/aromatic N) is 3. The van der Waals surface area contributed by atoms with Crippen LogP contribution in [-0.2, 0) is 4.79 Å². The number of hydrogen-bond donors (Lipinski definition) is 2. The second kappa shape index (κ2) is 10.7. The zero-order valence-corrected chi connectivity index (χ0v) is 18.1. The first kappa shape index (κ1) is 22.5. The molecule has 3 aromatic rings. The minimum Gasteiger partial charge on any atom is -0.484 e. The molecule has 0 bridgehead atoms. The van der Waals surface area contributed by atoms with E-state index in [-0.39, 0.29) is 37.6 Å². The summed E-state index contributed by atoms with van der Waals surface area (Å²) >= 11 is 0. The van der Waals surface area contributed by atoms with Crippen molar-refractivity contribution >= 4 is 11.8 Å². The maximum atomic E-state index is 12.9. The van der Waals surface area contributed by atoms with Gasteiger partial charge in [-0.15, -0.1) is 0 Å². The number of carbonyl (C=O) groups excluding carboxylic acids is 2. The molecule has 0 spiro atoms. The number of rotatable bonds is 8. The Morgan fingerprint density at radius 2 is 1.91 bits per heavy atom. The molecule has 9 nitrogen and oxygen atoms in total. The fourth-order valence-corrected chi connectivity index (χ4v) is 3.76. The molecule has 0 aliphatic carbocycles. The van der Waals surface area contributed by atoms with Crippen LogP contribution in [0.1, 0.15) is 41.6 Å². The molecule has 1 atom stereocenters. The molecule has 1 saturated heterocycles. The molecular formula is C24H26N4O5. The highest BCUT2D eigenvalue weighted by Gasteiger charge is 2.32. The molecule has 33 heavy (non-hydrogen) atoms. The average molecular weight is 450 g/mol. The van der Waals surface area contributed by atoms with Gasteiger partial charge in [-0.1, -0.05) is 35.5 Å². The highest BCUT2D eigenvalue weighted by molar-refractivity contribution is 5.94. The monoisotopic (exact) mass is 450 g/mol. The Morgan fingerprint density at radius 3 is 2.67 bits per heavy atom. The maximum Gasteiger partial charge on any atom is 0.261 e. The number of hydrogen-bond acceptors (Lipinski definition) is 7. The van der Waals surface area contributed by atoms with Crippen molar-refractivity contribution in [1.82, 2.24) is 20.4 Å². The minimum absolute atomic E-state index is 0.0543. The van der Waals surface area contributed by atoms with E-state index in [2.05, 4.69) is 15.5 Å². The molecule has 0 saturated carbocycles. The van der Waals surface area contributed by atoms with Crippen LogP contribution in [0.2, 0.25) is 0 Å². The number of piperidine rings is 1. The van der Waals surface area contributed by atoms with Crippen LogP contribution >= 0.6 is 0 Å². The molecule has 2 N–H and O–H groups in total. The predicted octanol–water partition coefficient (Wildman–Crippen LogP) is 2.59. The van der Waals surface area contributed by atoms with Gasteiger partial charge in [-0.3, -0.25) is 9.59 Å². The summed E-state index contributed by atoms with van der Waals surface area (Å²) in [6.07, 6.45) is 2.61. The number of amides is 2. The predicted molar refractivity (Wildman–Crippen MR) is 119 cm³/mol. The number of carbonyl (C=O) groups is 2. The number of benzene rings is 2. The van der Waals surface area contributed by atoms with E-state index < -0.39 is 0 Å². The Morgan fingerprint density at radius 1 is 1.12 bits per heavy atom. The molecule has 1 unspecified atom stereocenters. The topological polar surface area (TPSA) is 118 Å². The van der Waals surface area contributed by atoms with E-state index in [4.69, 9.17) is 14.4 Å². The summed E-state index contributed by atoms with van der Waals surface area (Å²) in [6.45, 7) is 0.634. The van der Waals surface area contributed by atoms with Crippen LogP contribution in [0, 0.1) is 0 Å². The molecule has 0 radical (unpaired) electrons. The Labute approximate surface area is 191 Å². The van der Waals surface area contributed by atoms with Crippen molar-refractivity contribution in [3.63, 3.8) is 0 Å². The van der Waals surface area contributed by atoms with E-state index in [9.17, 15) is 9.59 Å². The van der Waals surface area contributed by atoms with Crippen LogP contribution in [-0.4, -0.2) is 58.3 Å². The normalized spacial score (nSPS) is 15.8. The fraction of sp³-hybridized carbons (Fsp3) is 0.333. The third-order valence-electron chi connectivity index (χ3n) is 5.46. The Kier molecular flexibility index (Phi) is 7.31. The maximum absolute atomic E-state index is 12.9. The molecule has 9 heteroatoms. The standard InChI is InChI=1S/C24H26N4O5/c29-15-13-25-23(31)18-11-9-17(10-12-18)22-26-24(33-27-22)20-8-4-5-14-28(20)21(30)16-32-19-6-2-1-3-7-19/h1-3,6-7,9-12,20,29H,4-5,8,13-16H2,(H,25,31). The third kappa shape index (κ3) is 5.56. The van der Waals surface area contributed by atoms with Crippen molar-refractivity contribution < 1.29 is 24.0 Å². The second-order valence-electron chi connectivity index (χ2n) is 7.71. The lowest BCUT2D eigenvalue weighted by molar-refractivity contribution is -0.138. The molecule has 1 aliphatic rings. The summed E-state index contributed by atoms with van der Waals surface area (Å²) in [5, 5.41) is 15.5. The smallest absolute Gasteiger partial charge is 0.261 e. The van der Waals surface area contributed by atoms with Gasteiger partial charge in [-0.2, -0.15) is 4.98 Å². The van der Waals surface area contributed by atoms with E-state index in [1.807, 2.05) is 30.3 Å². The highest BCUT2D eigenvalue weighted by atomic mass is 16.5. The Balaban J connectivity index is 1.43. The minimum atomic E-state index is -0.296. The van der Waals surface area contributed by atoms with E-state index >= 15 is 0 Å². The summed E-state index contributed by atoms with van der Waals surface area (Å²) in [7, 11) is 0. The molecule has 1 aromatic heterocycles. The number of aromatic nitrogens is 2. The van der Waals surface area contributed by atoms with E-state index in [0.29, 0.717) is 35.1 Å². The van der Waals surface area contributed by atoms with Crippen LogP contribution < -0.4 is 10.1 Å². The van der Waals surface area contributed by atoms with Crippen molar-refractivity contribution in [2.24, 2.45) is 0 Å². The fourth-order valence-electron chi connectivity index (χ4n) is 3.76. The Hall–Kier alpha value is -3.72. The molecular weight excluding hydrogens is 424 g/mol. The SMILES string of the molecule is O=C(NCCO)c1ccc(-c2noc(C3CCCCN3C(=O)COc3ccccc3)n2)cc1. The quantitative estimate of drug-likeness (QED) is 0.542. The first-order valence-corrected chi connectivity index (χ1v) is 11.0. The lowest BCUT2D eigenvalue weighted by atomic mass is 10.0. The van der Waals surface area contributed by atoms with Gasteiger partial charge in [-0.25, -0.2) is 0 Å². The van der Waals surface area contributed by atoms with E-state index in [0.717, 1.165) is 19.3 Å². The number of para-hydroxylation sites is 1. The van der Waals surface area contributed by atoms with Crippen molar-refractivity contribution in [3.8, 4) is 17.1 Å². The summed E-state index contributed by atoms with van der Waals surface area (Å²) in [6, 6.07) is 15.7. The highest BCUT2D eigenvalue weighted by Crippen LogP contribution is 2.31. The first-order valence-electron chi connectivity index (χ1n) is 11.0. The van der Waals surface area contributed by atoms with Gasteiger partial charge >= 0.3 is 0 Å². The molecule has 2 aromatic carbocycles. The number of ether oxygens (including phenoxy) is 1. The number of aliphatic hydroxyl groups is 1. The lowest BCUT2D eigenvalue weighted by Crippen LogP contribution is -2.41. The van der Waals surface area contributed by atoms with E-state index in [1.165, 1.54) is 0 Å². The zero-order chi connectivity index (χ0) is 23.0. The van der Waals surface area contributed by atoms with Crippen LogP contribution in [0.4, 0.5) is 0 Å². The number of aliphatic hydroxyl groups excluding tert-OH is 1. The van der Waals surface area contributed by atoms with Crippen molar-refractivity contribution in [2.45, 2.75) is 25.3 Å². The molecule has 172 valence electrons. The molecule has 1 fully saturated rings. The number of nitrogens with one attached hydrogen (secondary N) is 1. The van der Waals surface area contributed by atoms with Gasteiger partial charge in [0.2, 0.25) is 11.7 Å². The van der Waals surface area contributed by atoms with Gasteiger partial charge in [0.1, 0.15) is 11.8 Å². The lowest BCUT2D eigenvalue weighted by Gasteiger charge is -2.33. The average Bonchev–Trinajstić information content (AvgIpc) is 3.37. The third-order valence-corrected chi connectivity index (χ3v) is 5.46. The van der Waals surface area contributed by atoms with Gasteiger partial charge in [0, 0.05) is 24.2 Å². The summed E-state index contributed by atoms with van der Waals surface area (Å²) in [4.78, 5) is 31.1. The summed E-state index contributed by atoms with van der Waals surface area (Å²) < 4.78 is 11.2. The molecule has 2 amide bonds. The van der Waals surface area contributed by atoms with Gasteiger partial charge in [0.05, 0.1) is 6.61 Å². The molecule has 1 aliphatic heterocycles. The van der Waals surface area contributed by atoms with Crippen LogP contribution in [0.15, 0.2) is 59.1 Å². The second-order valence-corrected chi connectivity index (χ2v) is 7.71. The van der Waals surface area contributed by atoms with Gasteiger partial charge in [0.25, 0.3) is 11.8 Å². The van der Waals surface area contributed by atoms with Crippen molar-refractivity contribution in [3.05, 3.63) is 66.1 Å². The van der Waals surface area contributed by atoms with Gasteiger partial charge < -0.3 is 24.6 Å². The first-order chi connectivity index (χ1) is 16.2. The van der Waals surface area contributed by atoms with Crippen molar-refractivity contribution in [2.75, 3.05) is 26.3 Å².